The highest BCUT2D eigenvalue weighted by molar-refractivity contribution is 5.83. The SMILES string of the molecule is CN(C)C(=O)CCC(=O)N1CC[C@H]2CC[C@@H](C1)N2. The Morgan fingerprint density at radius 1 is 1.17 bits per heavy atom. The van der Waals surface area contributed by atoms with Gasteiger partial charge in [-0.3, -0.25) is 9.59 Å². The number of likely N-dealkylation sites (tertiary alicyclic amines) is 1. The van der Waals surface area contributed by atoms with E-state index >= 15 is 0 Å². The van der Waals surface area contributed by atoms with Crippen LogP contribution in [0, 0.1) is 0 Å². The summed E-state index contributed by atoms with van der Waals surface area (Å²) in [4.78, 5) is 27.0. The molecule has 0 aromatic rings. The van der Waals surface area contributed by atoms with Gasteiger partial charge in [-0.25, -0.2) is 0 Å². The fourth-order valence-electron chi connectivity index (χ4n) is 2.77. The number of amides is 2. The Labute approximate surface area is 108 Å². The maximum absolute atomic E-state index is 12.1. The molecule has 2 rings (SSSR count). The van der Waals surface area contributed by atoms with Crippen molar-refractivity contribution in [1.82, 2.24) is 15.1 Å². The van der Waals surface area contributed by atoms with Crippen molar-refractivity contribution >= 4 is 11.8 Å². The van der Waals surface area contributed by atoms with E-state index in [1.54, 1.807) is 19.0 Å². The molecule has 2 aliphatic heterocycles. The van der Waals surface area contributed by atoms with Crippen molar-refractivity contribution in [2.45, 2.75) is 44.2 Å². The van der Waals surface area contributed by atoms with Crippen LogP contribution < -0.4 is 5.32 Å². The number of hydrogen-bond acceptors (Lipinski definition) is 3. The summed E-state index contributed by atoms with van der Waals surface area (Å²) in [5, 5.41) is 3.55. The van der Waals surface area contributed by atoms with Gasteiger partial charge in [-0.15, -0.1) is 0 Å². The molecule has 0 aromatic carbocycles. The molecule has 5 heteroatoms. The van der Waals surface area contributed by atoms with E-state index in [0.717, 1.165) is 19.5 Å². The molecule has 0 unspecified atom stereocenters. The lowest BCUT2D eigenvalue weighted by atomic mass is 10.1. The zero-order valence-corrected chi connectivity index (χ0v) is 11.3. The molecule has 2 atom stereocenters. The summed E-state index contributed by atoms with van der Waals surface area (Å²) < 4.78 is 0. The summed E-state index contributed by atoms with van der Waals surface area (Å²) in [5.41, 5.74) is 0. The highest BCUT2D eigenvalue weighted by Gasteiger charge is 2.30. The van der Waals surface area contributed by atoms with E-state index in [0.29, 0.717) is 24.9 Å². The Kier molecular flexibility index (Phi) is 4.22. The molecule has 1 N–H and O–H groups in total. The third-order valence-corrected chi connectivity index (χ3v) is 3.93. The fraction of sp³-hybridized carbons (Fsp3) is 0.846. The number of rotatable bonds is 3. The number of nitrogens with one attached hydrogen (secondary N) is 1. The van der Waals surface area contributed by atoms with Crippen LogP contribution in [0.15, 0.2) is 0 Å². The molecular weight excluding hydrogens is 230 g/mol. The monoisotopic (exact) mass is 253 g/mol. The maximum Gasteiger partial charge on any atom is 0.223 e. The Hall–Kier alpha value is -1.10. The molecular formula is C13H23N3O2. The van der Waals surface area contributed by atoms with Crippen LogP contribution in [0.3, 0.4) is 0 Å². The molecule has 0 aromatic heterocycles. The van der Waals surface area contributed by atoms with E-state index in [-0.39, 0.29) is 11.8 Å². The summed E-state index contributed by atoms with van der Waals surface area (Å²) in [7, 11) is 3.45. The number of carbonyl (C=O) groups excluding carboxylic acids is 2. The van der Waals surface area contributed by atoms with Crippen molar-refractivity contribution in [3.8, 4) is 0 Å². The average molecular weight is 253 g/mol. The van der Waals surface area contributed by atoms with Crippen LogP contribution in [0.1, 0.15) is 32.1 Å². The van der Waals surface area contributed by atoms with E-state index in [4.69, 9.17) is 0 Å². The first-order valence-electron chi connectivity index (χ1n) is 6.80. The first kappa shape index (κ1) is 13.3. The van der Waals surface area contributed by atoms with Crippen molar-refractivity contribution < 1.29 is 9.59 Å². The average Bonchev–Trinajstić information content (AvgIpc) is 2.65. The van der Waals surface area contributed by atoms with Crippen LogP contribution in [0.4, 0.5) is 0 Å². The minimum Gasteiger partial charge on any atom is -0.349 e. The van der Waals surface area contributed by atoms with E-state index in [1.807, 2.05) is 4.90 Å². The smallest absolute Gasteiger partial charge is 0.223 e. The normalized spacial score (nSPS) is 26.9. The Morgan fingerprint density at radius 2 is 1.89 bits per heavy atom. The van der Waals surface area contributed by atoms with Crippen LogP contribution in [0.5, 0.6) is 0 Å². The van der Waals surface area contributed by atoms with Gasteiger partial charge in [-0.2, -0.15) is 0 Å². The lowest BCUT2D eigenvalue weighted by Crippen LogP contribution is -2.39. The van der Waals surface area contributed by atoms with E-state index in [9.17, 15) is 9.59 Å². The molecule has 0 saturated carbocycles. The topological polar surface area (TPSA) is 52.7 Å². The molecule has 5 nitrogen and oxygen atoms in total. The minimum atomic E-state index is 0.0258. The number of carbonyl (C=O) groups is 2. The quantitative estimate of drug-likeness (QED) is 0.782. The predicted octanol–water partition coefficient (Wildman–Crippen LogP) is 0.208. The van der Waals surface area contributed by atoms with Crippen molar-refractivity contribution in [3.05, 3.63) is 0 Å². The van der Waals surface area contributed by atoms with Crippen LogP contribution in [-0.4, -0.2) is 60.9 Å². The number of fused-ring (bicyclic) bond motifs is 2. The molecule has 2 saturated heterocycles. The Morgan fingerprint density at radius 3 is 2.61 bits per heavy atom. The van der Waals surface area contributed by atoms with Crippen LogP contribution in [0.2, 0.25) is 0 Å². The predicted molar refractivity (Wildman–Crippen MR) is 69.1 cm³/mol. The first-order chi connectivity index (χ1) is 8.56. The van der Waals surface area contributed by atoms with Gasteiger partial charge in [-0.1, -0.05) is 0 Å². The molecule has 2 bridgehead atoms. The second-order valence-electron chi connectivity index (χ2n) is 5.55. The van der Waals surface area contributed by atoms with E-state index in [2.05, 4.69) is 5.32 Å². The zero-order valence-electron chi connectivity index (χ0n) is 11.3. The third kappa shape index (κ3) is 3.22. The highest BCUT2D eigenvalue weighted by Crippen LogP contribution is 2.20. The van der Waals surface area contributed by atoms with Gasteiger partial charge >= 0.3 is 0 Å². The van der Waals surface area contributed by atoms with Crippen LogP contribution in [-0.2, 0) is 9.59 Å². The molecule has 0 aliphatic carbocycles. The maximum atomic E-state index is 12.1. The molecule has 102 valence electrons. The summed E-state index contributed by atoms with van der Waals surface area (Å²) in [6, 6.07) is 1.06. The lowest BCUT2D eigenvalue weighted by Gasteiger charge is -2.24. The Bertz CT molecular complexity index is 330. The van der Waals surface area contributed by atoms with Gasteiger partial charge in [0.2, 0.25) is 11.8 Å². The number of hydrogen-bond donors (Lipinski definition) is 1. The van der Waals surface area contributed by atoms with Gasteiger partial charge in [-0.05, 0) is 19.3 Å². The van der Waals surface area contributed by atoms with Gasteiger partial charge in [0.1, 0.15) is 0 Å². The molecule has 2 amide bonds. The third-order valence-electron chi connectivity index (χ3n) is 3.93. The zero-order chi connectivity index (χ0) is 13.1. The standard InChI is InChI=1S/C13H23N3O2/c1-15(2)12(17)5-6-13(18)16-8-7-10-3-4-11(9-16)14-10/h10-11,14H,3-9H2,1-2H3/t10-,11+/m1/s1. The molecule has 0 radical (unpaired) electrons. The van der Waals surface area contributed by atoms with Crippen LogP contribution >= 0.6 is 0 Å². The van der Waals surface area contributed by atoms with Gasteiger partial charge < -0.3 is 15.1 Å². The van der Waals surface area contributed by atoms with Gasteiger partial charge in [0, 0.05) is 52.1 Å². The van der Waals surface area contributed by atoms with Gasteiger partial charge in [0.05, 0.1) is 0 Å². The molecule has 0 spiro atoms. The largest absolute Gasteiger partial charge is 0.349 e. The number of nitrogens with zero attached hydrogens (tertiary/aromatic N) is 2. The Balaban J connectivity index is 1.80. The molecule has 2 fully saturated rings. The van der Waals surface area contributed by atoms with Crippen LogP contribution in [0.25, 0.3) is 0 Å². The summed E-state index contributed by atoms with van der Waals surface area (Å²) >= 11 is 0. The second-order valence-corrected chi connectivity index (χ2v) is 5.55. The summed E-state index contributed by atoms with van der Waals surface area (Å²) in [6.07, 6.45) is 4.12. The molecule has 2 heterocycles. The summed E-state index contributed by atoms with van der Waals surface area (Å²) in [6.45, 7) is 1.65. The van der Waals surface area contributed by atoms with Crippen molar-refractivity contribution in [2.24, 2.45) is 0 Å². The van der Waals surface area contributed by atoms with Crippen molar-refractivity contribution in [3.63, 3.8) is 0 Å². The first-order valence-corrected chi connectivity index (χ1v) is 6.80. The van der Waals surface area contributed by atoms with E-state index < -0.39 is 0 Å². The highest BCUT2D eigenvalue weighted by atomic mass is 16.2. The molecule has 2 aliphatic rings. The minimum absolute atomic E-state index is 0.0258. The van der Waals surface area contributed by atoms with Crippen molar-refractivity contribution in [1.29, 1.82) is 0 Å². The van der Waals surface area contributed by atoms with Gasteiger partial charge in [0.15, 0.2) is 0 Å². The second kappa shape index (κ2) is 5.69. The summed E-state index contributed by atoms with van der Waals surface area (Å²) in [5.74, 6) is 0.150. The molecule has 18 heavy (non-hydrogen) atoms. The fourth-order valence-corrected chi connectivity index (χ4v) is 2.77. The van der Waals surface area contributed by atoms with E-state index in [1.165, 1.54) is 12.8 Å². The van der Waals surface area contributed by atoms with Gasteiger partial charge in [0.25, 0.3) is 0 Å². The lowest BCUT2D eigenvalue weighted by molar-refractivity contribution is -0.136. The van der Waals surface area contributed by atoms with Crippen molar-refractivity contribution in [2.75, 3.05) is 27.2 Å².